The summed E-state index contributed by atoms with van der Waals surface area (Å²) in [6.45, 7) is 7.53. The van der Waals surface area contributed by atoms with Crippen LogP contribution in [-0.4, -0.2) is 29.9 Å². The van der Waals surface area contributed by atoms with Crippen molar-refractivity contribution in [2.45, 2.75) is 45.8 Å². The summed E-state index contributed by atoms with van der Waals surface area (Å²) < 4.78 is 5.28. The molecule has 4 heteroatoms. The predicted molar refractivity (Wildman–Crippen MR) is 61.0 cm³/mol. The van der Waals surface area contributed by atoms with Crippen LogP contribution < -0.4 is 5.32 Å². The molecule has 16 heavy (non-hydrogen) atoms. The number of ether oxygens (including phenoxy) is 1. The van der Waals surface area contributed by atoms with Crippen LogP contribution in [0.2, 0.25) is 0 Å². The van der Waals surface area contributed by atoms with E-state index in [9.17, 15) is 9.59 Å². The first-order valence-electron chi connectivity index (χ1n) is 5.44. The van der Waals surface area contributed by atoms with E-state index in [4.69, 9.17) is 4.74 Å². The van der Waals surface area contributed by atoms with Gasteiger partial charge in [0.2, 0.25) is 0 Å². The first-order valence-corrected chi connectivity index (χ1v) is 5.44. The second kappa shape index (κ2) is 4.78. The van der Waals surface area contributed by atoms with Crippen LogP contribution >= 0.6 is 0 Å². The Morgan fingerprint density at radius 1 is 1.50 bits per heavy atom. The van der Waals surface area contributed by atoms with E-state index in [1.165, 1.54) is 0 Å². The minimum atomic E-state index is -0.493. The number of rotatable bonds is 1. The highest BCUT2D eigenvalue weighted by Gasteiger charge is 2.26. The summed E-state index contributed by atoms with van der Waals surface area (Å²) in [5, 5.41) is 2.91. The van der Waals surface area contributed by atoms with Crippen LogP contribution in [0.4, 0.5) is 0 Å². The summed E-state index contributed by atoms with van der Waals surface area (Å²) >= 11 is 0. The molecule has 1 rings (SSSR count). The van der Waals surface area contributed by atoms with Gasteiger partial charge in [-0.25, -0.2) is 0 Å². The topological polar surface area (TPSA) is 55.4 Å². The lowest BCUT2D eigenvalue weighted by atomic mass is 10.1. The minimum absolute atomic E-state index is 0.00330. The van der Waals surface area contributed by atoms with Crippen molar-refractivity contribution < 1.29 is 14.3 Å². The highest BCUT2D eigenvalue weighted by atomic mass is 16.6. The van der Waals surface area contributed by atoms with E-state index in [-0.39, 0.29) is 18.3 Å². The maximum atomic E-state index is 11.8. The van der Waals surface area contributed by atoms with Crippen LogP contribution in [0.15, 0.2) is 11.6 Å². The van der Waals surface area contributed by atoms with E-state index < -0.39 is 11.6 Å². The van der Waals surface area contributed by atoms with Crippen molar-refractivity contribution in [2.24, 2.45) is 0 Å². The molecule has 1 aliphatic heterocycles. The van der Waals surface area contributed by atoms with Crippen LogP contribution in [0.1, 0.15) is 34.1 Å². The fourth-order valence-corrected chi connectivity index (χ4v) is 1.54. The Kier molecular flexibility index (Phi) is 3.86. The van der Waals surface area contributed by atoms with E-state index in [0.29, 0.717) is 6.42 Å². The largest absolute Gasteiger partial charge is 0.459 e. The lowest BCUT2D eigenvalue weighted by Crippen LogP contribution is -2.42. The molecule has 0 bridgehead atoms. The number of hydrogen-bond donors (Lipinski definition) is 1. The molecule has 0 amide bonds. The Labute approximate surface area is 96.0 Å². The number of hydrogen-bond acceptors (Lipinski definition) is 4. The second-order valence-electron chi connectivity index (χ2n) is 5.13. The second-order valence-corrected chi connectivity index (χ2v) is 5.13. The van der Waals surface area contributed by atoms with Crippen LogP contribution in [-0.2, 0) is 14.3 Å². The van der Waals surface area contributed by atoms with Crippen molar-refractivity contribution in [3.05, 3.63) is 11.6 Å². The maximum Gasteiger partial charge on any atom is 0.323 e. The van der Waals surface area contributed by atoms with E-state index in [1.807, 2.05) is 27.7 Å². The van der Waals surface area contributed by atoms with Crippen LogP contribution in [0.5, 0.6) is 0 Å². The van der Waals surface area contributed by atoms with E-state index >= 15 is 0 Å². The highest BCUT2D eigenvalue weighted by molar-refractivity contribution is 5.93. The van der Waals surface area contributed by atoms with Crippen molar-refractivity contribution in [1.29, 1.82) is 0 Å². The molecular weight excluding hydrogens is 206 g/mol. The Balaban J connectivity index is 2.65. The van der Waals surface area contributed by atoms with Crippen molar-refractivity contribution in [2.75, 3.05) is 6.54 Å². The normalized spacial score (nSPS) is 22.4. The van der Waals surface area contributed by atoms with Gasteiger partial charge in [0.15, 0.2) is 5.78 Å². The van der Waals surface area contributed by atoms with Gasteiger partial charge in [0.1, 0.15) is 11.6 Å². The third-order valence-corrected chi connectivity index (χ3v) is 2.15. The smallest absolute Gasteiger partial charge is 0.323 e. The number of esters is 1. The van der Waals surface area contributed by atoms with Gasteiger partial charge in [-0.15, -0.1) is 0 Å². The molecule has 1 N–H and O–H groups in total. The molecule has 1 aliphatic rings. The van der Waals surface area contributed by atoms with Gasteiger partial charge in [-0.1, -0.05) is 5.57 Å². The Morgan fingerprint density at radius 3 is 2.69 bits per heavy atom. The van der Waals surface area contributed by atoms with Gasteiger partial charge in [-0.3, -0.25) is 14.9 Å². The summed E-state index contributed by atoms with van der Waals surface area (Å²) in [7, 11) is 0. The van der Waals surface area contributed by atoms with Crippen molar-refractivity contribution >= 4 is 11.8 Å². The zero-order valence-electron chi connectivity index (χ0n) is 10.3. The highest BCUT2D eigenvalue weighted by Crippen LogP contribution is 2.14. The average Bonchev–Trinajstić information content (AvgIpc) is 2.23. The molecule has 0 aromatic rings. The Morgan fingerprint density at radius 2 is 2.12 bits per heavy atom. The average molecular weight is 225 g/mol. The number of ketones is 1. The summed E-state index contributed by atoms with van der Waals surface area (Å²) in [5.41, 5.74) is 0.415. The summed E-state index contributed by atoms with van der Waals surface area (Å²) in [5.74, 6) is -0.293. The summed E-state index contributed by atoms with van der Waals surface area (Å²) in [4.78, 5) is 23.1. The van der Waals surface area contributed by atoms with E-state index in [2.05, 4.69) is 5.32 Å². The monoisotopic (exact) mass is 225 g/mol. The molecule has 0 aliphatic carbocycles. The van der Waals surface area contributed by atoms with Gasteiger partial charge in [0.05, 0.1) is 6.54 Å². The fourth-order valence-electron chi connectivity index (χ4n) is 1.54. The first kappa shape index (κ1) is 12.9. The van der Waals surface area contributed by atoms with Crippen molar-refractivity contribution in [3.63, 3.8) is 0 Å². The van der Waals surface area contributed by atoms with Gasteiger partial charge < -0.3 is 4.74 Å². The van der Waals surface area contributed by atoms with Crippen LogP contribution in [0.25, 0.3) is 0 Å². The fraction of sp³-hybridized carbons (Fsp3) is 0.667. The summed E-state index contributed by atoms with van der Waals surface area (Å²) in [6, 6.07) is -0.415. The molecule has 0 saturated carbocycles. The first-order chi connectivity index (χ1) is 7.28. The molecule has 90 valence electrons. The van der Waals surface area contributed by atoms with Gasteiger partial charge in [-0.05, 0) is 40.2 Å². The van der Waals surface area contributed by atoms with Gasteiger partial charge in [0.25, 0.3) is 0 Å². The van der Waals surface area contributed by atoms with Gasteiger partial charge in [0, 0.05) is 0 Å². The molecule has 0 aromatic heterocycles. The van der Waals surface area contributed by atoms with E-state index in [0.717, 1.165) is 5.57 Å². The van der Waals surface area contributed by atoms with Crippen LogP contribution in [0.3, 0.4) is 0 Å². The third-order valence-electron chi connectivity index (χ3n) is 2.15. The minimum Gasteiger partial charge on any atom is -0.459 e. The zero-order valence-corrected chi connectivity index (χ0v) is 10.3. The number of carbonyl (C=O) groups excluding carboxylic acids is 2. The number of carbonyl (C=O) groups is 2. The quantitative estimate of drug-likeness (QED) is 0.681. The van der Waals surface area contributed by atoms with Gasteiger partial charge in [-0.2, -0.15) is 0 Å². The predicted octanol–water partition coefficient (Wildman–Crippen LogP) is 1.21. The van der Waals surface area contributed by atoms with Crippen molar-refractivity contribution in [3.8, 4) is 0 Å². The SMILES string of the molecule is CC1=CC(=O)CNC(C(=O)OC(C)(C)C)C1. The standard InChI is InChI=1S/C12H19NO3/c1-8-5-9(14)7-13-10(6-8)11(15)16-12(2,3)4/h5,10,13H,6-7H2,1-4H3. The molecule has 1 unspecified atom stereocenters. The summed E-state index contributed by atoms with van der Waals surface area (Å²) in [6.07, 6.45) is 2.11. The molecule has 1 heterocycles. The molecular formula is C12H19NO3. The zero-order chi connectivity index (χ0) is 12.3. The lowest BCUT2D eigenvalue weighted by Gasteiger charge is -2.23. The van der Waals surface area contributed by atoms with Crippen molar-refractivity contribution in [1.82, 2.24) is 5.32 Å². The lowest BCUT2D eigenvalue weighted by molar-refractivity contribution is -0.157. The Hall–Kier alpha value is -1.16. The molecule has 0 saturated heterocycles. The molecule has 4 nitrogen and oxygen atoms in total. The third kappa shape index (κ3) is 4.14. The van der Waals surface area contributed by atoms with Crippen LogP contribution in [0, 0.1) is 0 Å². The molecule has 0 aromatic carbocycles. The molecule has 1 atom stereocenters. The molecule has 0 radical (unpaired) electrons. The van der Waals surface area contributed by atoms with E-state index in [1.54, 1.807) is 6.08 Å². The maximum absolute atomic E-state index is 11.8. The van der Waals surface area contributed by atoms with Gasteiger partial charge >= 0.3 is 5.97 Å². The molecule has 0 spiro atoms. The Bertz CT molecular complexity index is 326. The number of nitrogens with one attached hydrogen (secondary N) is 1. The molecule has 0 fully saturated rings.